The molecule has 21 heavy (non-hydrogen) atoms. The SMILES string of the molecule is Cc1cc([N+](=O)[O-])cnc1N1CCN(C(=O)O)CC1(C)C. The fourth-order valence-electron chi connectivity index (χ4n) is 2.65. The van der Waals surface area contributed by atoms with Gasteiger partial charge in [0.1, 0.15) is 12.0 Å². The Kier molecular flexibility index (Phi) is 3.71. The van der Waals surface area contributed by atoms with E-state index in [-0.39, 0.29) is 5.69 Å². The molecule has 2 rings (SSSR count). The number of pyridine rings is 1. The van der Waals surface area contributed by atoms with Gasteiger partial charge in [0.2, 0.25) is 0 Å². The maximum atomic E-state index is 11.1. The van der Waals surface area contributed by atoms with Gasteiger partial charge in [0.05, 0.1) is 10.5 Å². The molecule has 0 spiro atoms. The number of hydrogen-bond donors (Lipinski definition) is 1. The second-order valence-corrected chi connectivity index (χ2v) is 5.76. The van der Waals surface area contributed by atoms with Crippen LogP contribution in [0.1, 0.15) is 19.4 Å². The Morgan fingerprint density at radius 2 is 2.14 bits per heavy atom. The highest BCUT2D eigenvalue weighted by Gasteiger charge is 2.37. The van der Waals surface area contributed by atoms with E-state index >= 15 is 0 Å². The number of carbonyl (C=O) groups is 1. The number of piperazine rings is 1. The smallest absolute Gasteiger partial charge is 0.407 e. The van der Waals surface area contributed by atoms with E-state index in [1.165, 1.54) is 17.2 Å². The number of nitrogens with zero attached hydrogens (tertiary/aromatic N) is 4. The van der Waals surface area contributed by atoms with E-state index in [0.717, 1.165) is 0 Å². The molecule has 1 aliphatic heterocycles. The Hall–Kier alpha value is -2.38. The van der Waals surface area contributed by atoms with E-state index in [0.29, 0.717) is 31.0 Å². The van der Waals surface area contributed by atoms with Crippen LogP contribution in [0.15, 0.2) is 12.3 Å². The van der Waals surface area contributed by atoms with E-state index < -0.39 is 16.6 Å². The van der Waals surface area contributed by atoms with Crippen LogP contribution in [0.4, 0.5) is 16.3 Å². The van der Waals surface area contributed by atoms with Crippen LogP contribution in [-0.4, -0.2) is 51.2 Å². The first-order valence-corrected chi connectivity index (χ1v) is 6.59. The Bertz CT molecular complexity index is 588. The molecule has 0 aromatic carbocycles. The van der Waals surface area contributed by atoms with Crippen LogP contribution < -0.4 is 4.90 Å². The minimum atomic E-state index is -0.934. The van der Waals surface area contributed by atoms with Crippen LogP contribution in [0.25, 0.3) is 0 Å². The van der Waals surface area contributed by atoms with E-state index in [9.17, 15) is 14.9 Å². The first-order valence-electron chi connectivity index (χ1n) is 6.59. The van der Waals surface area contributed by atoms with Crippen LogP contribution in [0.2, 0.25) is 0 Å². The van der Waals surface area contributed by atoms with Crippen LogP contribution in [0.5, 0.6) is 0 Å². The number of amides is 1. The summed E-state index contributed by atoms with van der Waals surface area (Å²) in [5, 5.41) is 19.9. The third-order valence-corrected chi connectivity index (χ3v) is 3.68. The molecule has 8 heteroatoms. The zero-order valence-corrected chi connectivity index (χ0v) is 12.2. The van der Waals surface area contributed by atoms with Gasteiger partial charge in [-0.15, -0.1) is 0 Å². The molecule has 0 radical (unpaired) electrons. The van der Waals surface area contributed by atoms with Gasteiger partial charge < -0.3 is 14.9 Å². The second kappa shape index (κ2) is 5.19. The Labute approximate surface area is 122 Å². The predicted octanol–water partition coefficient (Wildman–Crippen LogP) is 1.88. The van der Waals surface area contributed by atoms with Gasteiger partial charge in [-0.2, -0.15) is 0 Å². The van der Waals surface area contributed by atoms with Crippen molar-refractivity contribution >= 4 is 17.6 Å². The van der Waals surface area contributed by atoms with Crippen molar-refractivity contribution in [3.05, 3.63) is 27.9 Å². The standard InChI is InChI=1S/C13H18N4O4/c1-9-6-10(17(20)21)7-14-11(9)16-5-4-15(12(18)19)8-13(16,2)3/h6-7H,4-5,8H2,1-3H3,(H,18,19). The summed E-state index contributed by atoms with van der Waals surface area (Å²) in [5.74, 6) is 0.663. The fraction of sp³-hybridized carbons (Fsp3) is 0.538. The molecule has 2 heterocycles. The largest absolute Gasteiger partial charge is 0.465 e. The Balaban J connectivity index is 2.30. The van der Waals surface area contributed by atoms with Gasteiger partial charge >= 0.3 is 6.09 Å². The number of nitro groups is 1. The molecule has 0 saturated carbocycles. The van der Waals surface area contributed by atoms with Gasteiger partial charge in [-0.3, -0.25) is 10.1 Å². The van der Waals surface area contributed by atoms with Crippen molar-refractivity contribution < 1.29 is 14.8 Å². The van der Waals surface area contributed by atoms with Gasteiger partial charge in [0, 0.05) is 25.7 Å². The molecule has 1 saturated heterocycles. The summed E-state index contributed by atoms with van der Waals surface area (Å²) < 4.78 is 0. The maximum Gasteiger partial charge on any atom is 0.407 e. The molecule has 1 aromatic heterocycles. The first kappa shape index (κ1) is 15.0. The molecule has 114 valence electrons. The fourth-order valence-corrected chi connectivity index (χ4v) is 2.65. The summed E-state index contributed by atoms with van der Waals surface area (Å²) in [5.41, 5.74) is 0.240. The van der Waals surface area contributed by atoms with Crippen molar-refractivity contribution in [2.75, 3.05) is 24.5 Å². The third-order valence-electron chi connectivity index (χ3n) is 3.68. The third kappa shape index (κ3) is 2.88. The summed E-state index contributed by atoms with van der Waals surface area (Å²) in [6, 6.07) is 1.49. The summed E-state index contributed by atoms with van der Waals surface area (Å²) >= 11 is 0. The number of aromatic nitrogens is 1. The van der Waals surface area contributed by atoms with Crippen molar-refractivity contribution in [2.24, 2.45) is 0 Å². The number of aryl methyl sites for hydroxylation is 1. The lowest BCUT2D eigenvalue weighted by Gasteiger charge is -2.47. The van der Waals surface area contributed by atoms with Crippen molar-refractivity contribution in [2.45, 2.75) is 26.3 Å². The monoisotopic (exact) mass is 294 g/mol. The van der Waals surface area contributed by atoms with E-state index in [1.807, 2.05) is 18.7 Å². The van der Waals surface area contributed by atoms with E-state index in [1.54, 1.807) is 6.92 Å². The average molecular weight is 294 g/mol. The van der Waals surface area contributed by atoms with Crippen molar-refractivity contribution in [1.29, 1.82) is 0 Å². The summed E-state index contributed by atoms with van der Waals surface area (Å²) in [4.78, 5) is 29.0. The quantitative estimate of drug-likeness (QED) is 0.660. The molecule has 1 N–H and O–H groups in total. The van der Waals surface area contributed by atoms with Gasteiger partial charge in [0.25, 0.3) is 5.69 Å². The van der Waals surface area contributed by atoms with Crippen LogP contribution in [0.3, 0.4) is 0 Å². The topological polar surface area (TPSA) is 99.8 Å². The predicted molar refractivity (Wildman–Crippen MR) is 76.7 cm³/mol. The minimum Gasteiger partial charge on any atom is -0.465 e. The normalized spacial score (nSPS) is 17.7. The molecular formula is C13H18N4O4. The molecule has 0 unspecified atom stereocenters. The molecular weight excluding hydrogens is 276 g/mol. The van der Waals surface area contributed by atoms with E-state index in [4.69, 9.17) is 5.11 Å². The zero-order valence-electron chi connectivity index (χ0n) is 12.2. The molecule has 0 aliphatic carbocycles. The lowest BCUT2D eigenvalue weighted by Crippen LogP contribution is -2.60. The van der Waals surface area contributed by atoms with Crippen molar-refractivity contribution in [3.8, 4) is 0 Å². The van der Waals surface area contributed by atoms with Crippen molar-refractivity contribution in [1.82, 2.24) is 9.88 Å². The second-order valence-electron chi connectivity index (χ2n) is 5.76. The van der Waals surface area contributed by atoms with Crippen LogP contribution in [0, 0.1) is 17.0 Å². The van der Waals surface area contributed by atoms with Crippen LogP contribution >= 0.6 is 0 Å². The summed E-state index contributed by atoms with van der Waals surface area (Å²) in [6.45, 7) is 6.90. The Morgan fingerprint density at radius 1 is 1.48 bits per heavy atom. The number of hydrogen-bond acceptors (Lipinski definition) is 5. The average Bonchev–Trinajstić information content (AvgIpc) is 2.38. The lowest BCUT2D eigenvalue weighted by molar-refractivity contribution is -0.385. The van der Waals surface area contributed by atoms with Gasteiger partial charge in [-0.1, -0.05) is 0 Å². The van der Waals surface area contributed by atoms with Gasteiger partial charge in [0.15, 0.2) is 0 Å². The van der Waals surface area contributed by atoms with Crippen molar-refractivity contribution in [3.63, 3.8) is 0 Å². The molecule has 1 aromatic rings. The van der Waals surface area contributed by atoms with Crippen LogP contribution in [-0.2, 0) is 0 Å². The molecule has 1 amide bonds. The van der Waals surface area contributed by atoms with E-state index in [2.05, 4.69) is 4.98 Å². The molecule has 0 atom stereocenters. The first-order chi connectivity index (χ1) is 9.72. The molecule has 1 fully saturated rings. The minimum absolute atomic E-state index is 0.0433. The lowest BCUT2D eigenvalue weighted by atomic mass is 9.98. The van der Waals surface area contributed by atoms with Gasteiger partial charge in [-0.25, -0.2) is 9.78 Å². The number of anilines is 1. The number of rotatable bonds is 2. The zero-order chi connectivity index (χ0) is 15.8. The molecule has 0 bridgehead atoms. The molecule has 1 aliphatic rings. The highest BCUT2D eigenvalue weighted by atomic mass is 16.6. The highest BCUT2D eigenvalue weighted by molar-refractivity contribution is 5.66. The maximum absolute atomic E-state index is 11.1. The molecule has 8 nitrogen and oxygen atoms in total. The summed E-state index contributed by atoms with van der Waals surface area (Å²) in [7, 11) is 0. The summed E-state index contributed by atoms with van der Waals surface area (Å²) in [6.07, 6.45) is 0.304. The highest BCUT2D eigenvalue weighted by Crippen LogP contribution is 2.30. The number of carboxylic acid groups (broad SMARTS) is 1. The van der Waals surface area contributed by atoms with Gasteiger partial charge in [-0.05, 0) is 26.3 Å². The Morgan fingerprint density at radius 3 is 2.62 bits per heavy atom.